The van der Waals surface area contributed by atoms with Crippen molar-refractivity contribution in [1.29, 1.82) is 0 Å². The summed E-state index contributed by atoms with van der Waals surface area (Å²) in [6, 6.07) is 22.3. The first kappa shape index (κ1) is 45.3. The summed E-state index contributed by atoms with van der Waals surface area (Å²) in [6.45, 7) is 14.1. The van der Waals surface area contributed by atoms with Gasteiger partial charge >= 0.3 is 0 Å². The van der Waals surface area contributed by atoms with Gasteiger partial charge in [-0.25, -0.2) is 0 Å². The van der Waals surface area contributed by atoms with Crippen LogP contribution < -0.4 is 20.9 Å². The molecule has 3 atom stereocenters. The minimum absolute atomic E-state index is 0.00208. The number of rotatable bonds is 14. The summed E-state index contributed by atoms with van der Waals surface area (Å²) < 4.78 is 2.04. The van der Waals surface area contributed by atoms with Crippen LogP contribution in [0.15, 0.2) is 77.8 Å². The van der Waals surface area contributed by atoms with Gasteiger partial charge in [-0.05, 0) is 94.1 Å². The average molecular weight is 899 g/mol. The largest absolute Gasteiger partial charge is 0.395 e. The first-order valence-electron chi connectivity index (χ1n) is 22.6. The molecule has 4 amide bonds. The molecule has 5 aromatic rings. The van der Waals surface area contributed by atoms with E-state index in [0.717, 1.165) is 61.5 Å². The molecule has 3 aliphatic rings. The number of β-amino-alcohol motifs (C(OH)–C–C–N with tert-alkyl or cyclic N) is 1. The lowest BCUT2D eigenvalue weighted by Gasteiger charge is -2.40. The maximum absolute atomic E-state index is 13.8. The average Bonchev–Trinajstić information content (AvgIpc) is 3.80. The van der Waals surface area contributed by atoms with Crippen molar-refractivity contribution in [2.45, 2.75) is 78.4 Å². The van der Waals surface area contributed by atoms with E-state index in [1.54, 1.807) is 35.6 Å². The van der Waals surface area contributed by atoms with Crippen LogP contribution in [0.4, 0.5) is 11.4 Å². The molecular weight excluding hydrogens is 841 g/mol. The second-order valence-corrected chi connectivity index (χ2v) is 18.2. The molecule has 0 aliphatic carbocycles. The van der Waals surface area contributed by atoms with Gasteiger partial charge in [-0.2, -0.15) is 0 Å². The molecule has 65 heavy (non-hydrogen) atoms. The molecule has 3 aromatic carbocycles. The number of thiophene rings is 1. The molecule has 0 bridgehead atoms. The van der Waals surface area contributed by atoms with E-state index >= 15 is 0 Å². The SMILES string of the molecule is CCC(=O)N1c2ccccc2[C@H](Nc2ccc(C(=O)NCCCNC(=O)c3ccc(C4=N[C@@H](CC(=O)N5CCN(CCO)CC5)c5nnc(C)n5-c5sc(C)c(C)c54)cc3)cc2)C[C@@H]1C. The fourth-order valence-corrected chi connectivity index (χ4v) is 10.3. The molecule has 0 saturated carbocycles. The van der Waals surface area contributed by atoms with E-state index in [2.05, 4.69) is 57.9 Å². The van der Waals surface area contributed by atoms with Gasteiger partial charge < -0.3 is 30.9 Å². The van der Waals surface area contributed by atoms with Crippen LogP contribution in [0.2, 0.25) is 0 Å². The van der Waals surface area contributed by atoms with Gasteiger partial charge in [-0.15, -0.1) is 21.5 Å². The molecule has 0 unspecified atom stereocenters. The topological polar surface area (TPSA) is 177 Å². The quantitative estimate of drug-likeness (QED) is 0.0988. The number of nitrogens with one attached hydrogen (secondary N) is 3. The van der Waals surface area contributed by atoms with Crippen LogP contribution in [-0.2, 0) is 9.59 Å². The molecule has 4 N–H and O–H groups in total. The number of carbonyl (C=O) groups excluding carboxylic acids is 4. The standard InChI is InChI=1S/C49H58N10O5S/c1-6-42(61)58-30(2)28-39(38-10-7-8-11-41(38)58)52-37-18-16-36(17-19-37)48(64)51-21-9-20-50-47(63)35-14-12-34(13-15-35)45-44-31(3)32(4)65-49(44)59-33(5)54-55-46(59)40(53-45)29-43(62)57-24-22-56(23-25-57)26-27-60/h7-8,10-19,30,39-40,52,60H,6,9,20-29H2,1-5H3,(H,50,63)(H,51,64)/t30-,39+,40-/m0/s1. The number of aliphatic hydroxyl groups excluding tert-OH is 1. The summed E-state index contributed by atoms with van der Waals surface area (Å²) in [4.78, 5) is 65.2. The number of nitrogens with zero attached hydrogens (tertiary/aromatic N) is 7. The summed E-state index contributed by atoms with van der Waals surface area (Å²) in [5.41, 5.74) is 7.57. The summed E-state index contributed by atoms with van der Waals surface area (Å²) >= 11 is 1.65. The maximum Gasteiger partial charge on any atom is 0.251 e. The van der Waals surface area contributed by atoms with E-state index in [0.29, 0.717) is 75.6 Å². The molecule has 16 heteroatoms. The highest BCUT2D eigenvalue weighted by atomic mass is 32.1. The number of aryl methyl sites for hydroxylation is 2. The van der Waals surface area contributed by atoms with Gasteiger partial charge in [-0.1, -0.05) is 37.3 Å². The number of aliphatic hydroxyl groups is 1. The summed E-state index contributed by atoms with van der Waals surface area (Å²) in [5.74, 6) is 1.05. The lowest BCUT2D eigenvalue weighted by atomic mass is 9.91. The molecule has 8 rings (SSSR count). The number of benzene rings is 3. The van der Waals surface area contributed by atoms with E-state index in [4.69, 9.17) is 4.99 Å². The zero-order valence-corrected chi connectivity index (χ0v) is 38.6. The number of carbonyl (C=O) groups is 4. The fraction of sp³-hybridized carbons (Fsp3) is 0.408. The predicted octanol–water partition coefficient (Wildman–Crippen LogP) is 5.91. The van der Waals surface area contributed by atoms with Crippen molar-refractivity contribution in [3.05, 3.63) is 123 Å². The molecular formula is C49H58N10O5S. The number of anilines is 2. The van der Waals surface area contributed by atoms with Crippen LogP contribution in [0.5, 0.6) is 0 Å². The van der Waals surface area contributed by atoms with Gasteiger partial charge in [0.05, 0.1) is 24.8 Å². The van der Waals surface area contributed by atoms with E-state index < -0.39 is 6.04 Å². The monoisotopic (exact) mass is 898 g/mol. The van der Waals surface area contributed by atoms with Crippen LogP contribution in [0.25, 0.3) is 5.00 Å². The number of aliphatic imine (C=N–C) groups is 1. The minimum atomic E-state index is -0.575. The lowest BCUT2D eigenvalue weighted by molar-refractivity contribution is -0.133. The summed E-state index contributed by atoms with van der Waals surface area (Å²) in [5, 5.41) is 28.8. The minimum Gasteiger partial charge on any atom is -0.395 e. The molecule has 0 radical (unpaired) electrons. The van der Waals surface area contributed by atoms with Crippen LogP contribution in [-0.4, -0.2) is 117 Å². The Morgan fingerprint density at radius 2 is 1.49 bits per heavy atom. The normalized spacial score (nSPS) is 18.2. The van der Waals surface area contributed by atoms with Crippen LogP contribution in [0.3, 0.4) is 0 Å². The Kier molecular flexibility index (Phi) is 13.9. The van der Waals surface area contributed by atoms with Gasteiger partial charge in [0, 0.05) is 96.8 Å². The Balaban J connectivity index is 0.864. The Morgan fingerprint density at radius 1 is 0.831 bits per heavy atom. The van der Waals surface area contributed by atoms with Gasteiger partial charge in [0.2, 0.25) is 11.8 Å². The number of fused-ring (bicyclic) bond motifs is 4. The lowest BCUT2D eigenvalue weighted by Crippen LogP contribution is -2.49. The number of hydrogen-bond acceptors (Lipinski definition) is 11. The van der Waals surface area contributed by atoms with Crippen LogP contribution >= 0.6 is 11.3 Å². The van der Waals surface area contributed by atoms with Gasteiger partial charge in [0.15, 0.2) is 5.82 Å². The Hall–Kier alpha value is -6.23. The van der Waals surface area contributed by atoms with E-state index in [1.165, 1.54) is 0 Å². The van der Waals surface area contributed by atoms with Crippen LogP contribution in [0.1, 0.15) is 111 Å². The Morgan fingerprint density at radius 3 is 2.15 bits per heavy atom. The molecule has 1 fully saturated rings. The van der Waals surface area contributed by atoms with Crippen molar-refractivity contribution in [1.82, 2.24) is 35.2 Å². The van der Waals surface area contributed by atoms with Crippen LogP contribution in [0, 0.1) is 20.8 Å². The van der Waals surface area contributed by atoms with E-state index in [-0.39, 0.29) is 48.7 Å². The first-order chi connectivity index (χ1) is 31.4. The fourth-order valence-electron chi connectivity index (χ4n) is 9.08. The van der Waals surface area contributed by atoms with E-state index in [1.807, 2.05) is 70.7 Å². The van der Waals surface area contributed by atoms with Crippen molar-refractivity contribution >= 4 is 52.1 Å². The molecule has 15 nitrogen and oxygen atoms in total. The number of aromatic nitrogens is 3. The molecule has 0 spiro atoms. The highest BCUT2D eigenvalue weighted by Crippen LogP contribution is 2.41. The highest BCUT2D eigenvalue weighted by molar-refractivity contribution is 7.15. The molecule has 1 saturated heterocycles. The van der Waals surface area contributed by atoms with Crippen molar-refractivity contribution in [2.24, 2.45) is 4.99 Å². The van der Waals surface area contributed by atoms with Crippen molar-refractivity contribution in [3.63, 3.8) is 0 Å². The maximum atomic E-state index is 13.8. The second-order valence-electron chi connectivity index (χ2n) is 17.0. The third kappa shape index (κ3) is 9.61. The summed E-state index contributed by atoms with van der Waals surface area (Å²) in [6.07, 6.45) is 1.90. The van der Waals surface area contributed by atoms with Crippen molar-refractivity contribution in [3.8, 4) is 5.00 Å². The Bertz CT molecular complexity index is 2580. The Labute approximate surface area is 383 Å². The zero-order valence-electron chi connectivity index (χ0n) is 37.8. The van der Waals surface area contributed by atoms with Gasteiger partial charge in [0.1, 0.15) is 16.9 Å². The van der Waals surface area contributed by atoms with Gasteiger partial charge in [0.25, 0.3) is 11.8 Å². The molecule has 340 valence electrons. The zero-order chi connectivity index (χ0) is 45.8. The number of para-hydroxylation sites is 1. The summed E-state index contributed by atoms with van der Waals surface area (Å²) in [7, 11) is 0. The number of amides is 4. The first-order valence-corrected chi connectivity index (χ1v) is 23.4. The smallest absolute Gasteiger partial charge is 0.251 e. The third-order valence-corrected chi connectivity index (χ3v) is 13.9. The molecule has 3 aliphatic heterocycles. The number of piperazine rings is 1. The van der Waals surface area contributed by atoms with Crippen molar-refractivity contribution in [2.75, 3.05) is 62.6 Å². The predicted molar refractivity (Wildman–Crippen MR) is 253 cm³/mol. The third-order valence-electron chi connectivity index (χ3n) is 12.7. The van der Waals surface area contributed by atoms with E-state index in [9.17, 15) is 24.3 Å². The van der Waals surface area contributed by atoms with Gasteiger partial charge in [-0.3, -0.25) is 33.6 Å². The van der Waals surface area contributed by atoms with Crippen molar-refractivity contribution < 1.29 is 24.3 Å². The molecule has 5 heterocycles. The number of hydrogen-bond donors (Lipinski definition) is 4. The molecule has 2 aromatic heterocycles. The highest BCUT2D eigenvalue weighted by Gasteiger charge is 2.35. The second kappa shape index (κ2) is 19.9.